The Hall–Kier alpha value is -0.930. The number of hydrogen-bond acceptors (Lipinski definition) is 7. The molecule has 0 saturated carbocycles. The SMILES string of the molecule is [N-]=[N+]=NCCCCCCCCCCCCO[C@@H]1O[C@H](CO)[C@@H](O)[C@H](O)[C@@H]1O. The fourth-order valence-corrected chi connectivity index (χ4v) is 3.15. The Bertz CT molecular complexity index is 420. The van der Waals surface area contributed by atoms with Crippen molar-refractivity contribution < 1.29 is 29.9 Å². The van der Waals surface area contributed by atoms with Gasteiger partial charge in [0.2, 0.25) is 0 Å². The van der Waals surface area contributed by atoms with Crippen LogP contribution in [0.1, 0.15) is 64.2 Å². The van der Waals surface area contributed by atoms with E-state index in [1.807, 2.05) is 0 Å². The van der Waals surface area contributed by atoms with Crippen LogP contribution in [0.15, 0.2) is 5.11 Å². The van der Waals surface area contributed by atoms with Crippen molar-refractivity contribution in [2.45, 2.75) is 94.9 Å². The van der Waals surface area contributed by atoms with Crippen molar-refractivity contribution in [3.8, 4) is 0 Å². The Morgan fingerprint density at radius 3 is 1.93 bits per heavy atom. The first-order valence-corrected chi connectivity index (χ1v) is 10.0. The monoisotopic (exact) mass is 389 g/mol. The first-order valence-electron chi connectivity index (χ1n) is 10.0. The number of hydrogen-bond donors (Lipinski definition) is 4. The topological polar surface area (TPSA) is 148 Å². The first kappa shape index (κ1) is 24.1. The molecule has 0 aromatic carbocycles. The zero-order chi connectivity index (χ0) is 19.9. The van der Waals surface area contributed by atoms with Gasteiger partial charge in [0.1, 0.15) is 24.4 Å². The van der Waals surface area contributed by atoms with Crippen molar-refractivity contribution in [2.75, 3.05) is 19.8 Å². The Labute approximate surface area is 160 Å². The van der Waals surface area contributed by atoms with Crippen LogP contribution >= 0.6 is 0 Å². The number of unbranched alkanes of at least 4 members (excludes halogenated alkanes) is 9. The molecule has 5 atom stereocenters. The zero-order valence-corrected chi connectivity index (χ0v) is 16.0. The summed E-state index contributed by atoms with van der Waals surface area (Å²) in [4.78, 5) is 2.73. The van der Waals surface area contributed by atoms with Crippen LogP contribution in [-0.2, 0) is 9.47 Å². The molecule has 4 N–H and O–H groups in total. The van der Waals surface area contributed by atoms with Crippen LogP contribution in [0, 0.1) is 0 Å². The molecule has 158 valence electrons. The molecule has 0 amide bonds. The fraction of sp³-hybridized carbons (Fsp3) is 1.00. The lowest BCUT2D eigenvalue weighted by Gasteiger charge is -2.39. The summed E-state index contributed by atoms with van der Waals surface area (Å²) in [6.07, 6.45) is 5.06. The van der Waals surface area contributed by atoms with E-state index in [-0.39, 0.29) is 0 Å². The van der Waals surface area contributed by atoms with Gasteiger partial charge in [0.25, 0.3) is 0 Å². The first-order chi connectivity index (χ1) is 13.1. The lowest BCUT2D eigenvalue weighted by molar-refractivity contribution is -0.301. The number of ether oxygens (including phenoxy) is 2. The Morgan fingerprint density at radius 2 is 1.37 bits per heavy atom. The van der Waals surface area contributed by atoms with Gasteiger partial charge in [-0.3, -0.25) is 0 Å². The zero-order valence-electron chi connectivity index (χ0n) is 16.0. The second-order valence-corrected chi connectivity index (χ2v) is 7.06. The van der Waals surface area contributed by atoms with Crippen molar-refractivity contribution in [2.24, 2.45) is 5.11 Å². The highest BCUT2D eigenvalue weighted by atomic mass is 16.7. The highest BCUT2D eigenvalue weighted by Crippen LogP contribution is 2.22. The second-order valence-electron chi connectivity index (χ2n) is 7.06. The predicted octanol–water partition coefficient (Wildman–Crippen LogP) is 2.01. The molecule has 1 heterocycles. The molecule has 0 aromatic heterocycles. The van der Waals surface area contributed by atoms with Crippen LogP contribution in [0.3, 0.4) is 0 Å². The summed E-state index contributed by atoms with van der Waals surface area (Å²) >= 11 is 0. The third-order valence-corrected chi connectivity index (χ3v) is 4.85. The van der Waals surface area contributed by atoms with Gasteiger partial charge in [-0.05, 0) is 18.4 Å². The van der Waals surface area contributed by atoms with Crippen LogP contribution in [0.5, 0.6) is 0 Å². The third-order valence-electron chi connectivity index (χ3n) is 4.85. The number of nitrogens with zero attached hydrogens (tertiary/aromatic N) is 3. The van der Waals surface area contributed by atoms with Gasteiger partial charge in [-0.2, -0.15) is 0 Å². The molecule has 0 unspecified atom stereocenters. The van der Waals surface area contributed by atoms with Gasteiger partial charge in [-0.25, -0.2) is 0 Å². The molecule has 1 saturated heterocycles. The fourth-order valence-electron chi connectivity index (χ4n) is 3.15. The maximum Gasteiger partial charge on any atom is 0.186 e. The van der Waals surface area contributed by atoms with E-state index in [2.05, 4.69) is 10.0 Å². The van der Waals surface area contributed by atoms with E-state index in [1.165, 1.54) is 32.1 Å². The van der Waals surface area contributed by atoms with Gasteiger partial charge < -0.3 is 29.9 Å². The van der Waals surface area contributed by atoms with Crippen molar-refractivity contribution in [3.05, 3.63) is 10.4 Å². The molecule has 1 aliphatic heterocycles. The van der Waals surface area contributed by atoms with E-state index in [1.54, 1.807) is 0 Å². The van der Waals surface area contributed by atoms with Crippen LogP contribution in [0.4, 0.5) is 0 Å². The quantitative estimate of drug-likeness (QED) is 0.146. The molecule has 0 bridgehead atoms. The van der Waals surface area contributed by atoms with Crippen molar-refractivity contribution in [3.63, 3.8) is 0 Å². The molecular formula is C18H35N3O6. The van der Waals surface area contributed by atoms with Crippen LogP contribution in [0.2, 0.25) is 0 Å². The smallest absolute Gasteiger partial charge is 0.186 e. The third kappa shape index (κ3) is 9.71. The summed E-state index contributed by atoms with van der Waals surface area (Å²) < 4.78 is 10.7. The standard InChI is InChI=1S/C18H35N3O6/c19-21-20-11-9-7-5-3-1-2-4-6-8-10-12-26-18-17(25)16(24)15(23)14(13-22)27-18/h14-18,22-25H,1-13H2/t14-,15-,16+,17+,18-/m1/s1. The van der Waals surface area contributed by atoms with Crippen LogP contribution < -0.4 is 0 Å². The van der Waals surface area contributed by atoms with Crippen molar-refractivity contribution in [1.82, 2.24) is 0 Å². The summed E-state index contributed by atoms with van der Waals surface area (Å²) in [6, 6.07) is 0. The lowest BCUT2D eigenvalue weighted by Crippen LogP contribution is -2.59. The molecule has 27 heavy (non-hydrogen) atoms. The maximum atomic E-state index is 9.86. The van der Waals surface area contributed by atoms with Crippen molar-refractivity contribution in [1.29, 1.82) is 0 Å². The Morgan fingerprint density at radius 1 is 0.815 bits per heavy atom. The predicted molar refractivity (Wildman–Crippen MR) is 99.9 cm³/mol. The summed E-state index contributed by atoms with van der Waals surface area (Å²) in [5.41, 5.74) is 8.17. The number of azide groups is 1. The maximum absolute atomic E-state index is 9.86. The van der Waals surface area contributed by atoms with Gasteiger partial charge in [0, 0.05) is 18.1 Å². The number of aliphatic hydroxyl groups is 4. The minimum Gasteiger partial charge on any atom is -0.394 e. The minimum atomic E-state index is -1.39. The van der Waals surface area contributed by atoms with E-state index >= 15 is 0 Å². The van der Waals surface area contributed by atoms with E-state index in [9.17, 15) is 15.3 Å². The number of rotatable bonds is 15. The Balaban J connectivity index is 1.94. The average molecular weight is 389 g/mol. The Kier molecular flexibility index (Phi) is 13.4. The van der Waals surface area contributed by atoms with E-state index in [0.29, 0.717) is 13.2 Å². The van der Waals surface area contributed by atoms with Gasteiger partial charge in [-0.15, -0.1) is 0 Å². The molecule has 1 aliphatic rings. The van der Waals surface area contributed by atoms with E-state index in [0.717, 1.165) is 32.1 Å². The van der Waals surface area contributed by atoms with E-state index < -0.39 is 37.3 Å². The molecular weight excluding hydrogens is 354 g/mol. The second kappa shape index (κ2) is 15.0. The van der Waals surface area contributed by atoms with Gasteiger partial charge in [-0.1, -0.05) is 56.5 Å². The molecule has 0 radical (unpaired) electrons. The molecule has 0 spiro atoms. The summed E-state index contributed by atoms with van der Waals surface area (Å²) in [5, 5.41) is 41.9. The van der Waals surface area contributed by atoms with E-state index in [4.69, 9.17) is 20.1 Å². The lowest BCUT2D eigenvalue weighted by atomic mass is 9.99. The summed E-state index contributed by atoms with van der Waals surface area (Å²) in [7, 11) is 0. The molecule has 9 heteroatoms. The van der Waals surface area contributed by atoms with Crippen molar-refractivity contribution >= 4 is 0 Å². The summed E-state index contributed by atoms with van der Waals surface area (Å²) in [6.45, 7) is 0.550. The molecule has 0 aromatic rings. The van der Waals surface area contributed by atoms with Gasteiger partial charge >= 0.3 is 0 Å². The van der Waals surface area contributed by atoms with Gasteiger partial charge in [0.05, 0.1) is 6.61 Å². The molecule has 1 rings (SSSR count). The minimum absolute atomic E-state index is 0.397. The van der Waals surface area contributed by atoms with Crippen LogP contribution in [0.25, 0.3) is 10.4 Å². The normalized spacial score (nSPS) is 28.1. The number of aliphatic hydroxyl groups excluding tert-OH is 4. The van der Waals surface area contributed by atoms with Crippen LogP contribution in [-0.4, -0.2) is 70.9 Å². The highest BCUT2D eigenvalue weighted by molar-refractivity contribution is 4.88. The van der Waals surface area contributed by atoms with Gasteiger partial charge in [0.15, 0.2) is 6.29 Å². The largest absolute Gasteiger partial charge is 0.394 e. The average Bonchev–Trinajstić information content (AvgIpc) is 2.68. The summed E-state index contributed by atoms with van der Waals surface area (Å²) in [5.74, 6) is 0. The molecule has 1 fully saturated rings. The molecule has 9 nitrogen and oxygen atoms in total. The highest BCUT2D eigenvalue weighted by Gasteiger charge is 2.43. The molecule has 0 aliphatic carbocycles.